The number of rotatable bonds is 4. The van der Waals surface area contributed by atoms with Gasteiger partial charge in [-0.1, -0.05) is 0 Å². The average molecular weight is 289 g/mol. The van der Waals surface area contributed by atoms with Gasteiger partial charge in [-0.15, -0.1) is 10.2 Å². The molecule has 0 spiro atoms. The topological polar surface area (TPSA) is 60.6 Å². The molecule has 1 aliphatic rings. The molecule has 1 atom stereocenters. The van der Waals surface area contributed by atoms with Crippen LogP contribution in [0.4, 0.5) is 0 Å². The van der Waals surface area contributed by atoms with Gasteiger partial charge in [-0.2, -0.15) is 0 Å². The summed E-state index contributed by atoms with van der Waals surface area (Å²) >= 11 is 0. The minimum Gasteiger partial charge on any atom is -0.497 e. The maximum Gasteiger partial charge on any atom is 0.247 e. The van der Waals surface area contributed by atoms with Crippen molar-refractivity contribution in [2.75, 3.05) is 26.8 Å². The predicted molar refractivity (Wildman–Crippen MR) is 77.0 cm³/mol. The van der Waals surface area contributed by atoms with Crippen molar-refractivity contribution >= 4 is 0 Å². The molecule has 6 nitrogen and oxygen atoms in total. The number of nitrogens with zero attached hydrogens (tertiary/aromatic N) is 3. The van der Waals surface area contributed by atoms with Crippen LogP contribution < -0.4 is 4.74 Å². The molecular weight excluding hydrogens is 270 g/mol. The highest BCUT2D eigenvalue weighted by Gasteiger charge is 2.19. The molecule has 0 unspecified atom stereocenters. The Morgan fingerprint density at radius 1 is 1.29 bits per heavy atom. The zero-order valence-electron chi connectivity index (χ0n) is 12.3. The average Bonchev–Trinajstić information content (AvgIpc) is 2.96. The fraction of sp³-hybridized carbons (Fsp3) is 0.467. The summed E-state index contributed by atoms with van der Waals surface area (Å²) in [5, 5.41) is 8.23. The minimum atomic E-state index is 0.253. The number of aromatic nitrogens is 2. The van der Waals surface area contributed by atoms with E-state index in [2.05, 4.69) is 22.0 Å². The summed E-state index contributed by atoms with van der Waals surface area (Å²) in [6.07, 6.45) is 0.253. The lowest BCUT2D eigenvalue weighted by Crippen LogP contribution is -2.40. The van der Waals surface area contributed by atoms with E-state index in [0.717, 1.165) is 31.0 Å². The van der Waals surface area contributed by atoms with Crippen molar-refractivity contribution in [3.8, 4) is 17.2 Å². The molecule has 3 rings (SSSR count). The van der Waals surface area contributed by atoms with E-state index in [1.54, 1.807) is 7.11 Å². The van der Waals surface area contributed by atoms with Crippen LogP contribution in [0.2, 0.25) is 0 Å². The number of ether oxygens (including phenoxy) is 2. The van der Waals surface area contributed by atoms with Gasteiger partial charge in [0, 0.05) is 18.7 Å². The Hall–Kier alpha value is -1.92. The predicted octanol–water partition coefficient (Wildman–Crippen LogP) is 1.97. The zero-order chi connectivity index (χ0) is 14.7. The summed E-state index contributed by atoms with van der Waals surface area (Å²) in [4.78, 5) is 2.26. The summed E-state index contributed by atoms with van der Waals surface area (Å²) in [7, 11) is 1.64. The first kappa shape index (κ1) is 14.0. The Kier molecular flexibility index (Phi) is 4.17. The number of hydrogen-bond donors (Lipinski definition) is 0. The van der Waals surface area contributed by atoms with Crippen molar-refractivity contribution < 1.29 is 13.9 Å². The van der Waals surface area contributed by atoms with Crippen molar-refractivity contribution in [1.82, 2.24) is 15.1 Å². The minimum absolute atomic E-state index is 0.253. The lowest BCUT2D eigenvalue weighted by atomic mass is 10.2. The third-order valence-electron chi connectivity index (χ3n) is 3.49. The fourth-order valence-electron chi connectivity index (χ4n) is 2.39. The molecule has 2 aromatic rings. The lowest BCUT2D eigenvalue weighted by molar-refractivity contribution is -0.0235. The Morgan fingerprint density at radius 3 is 2.81 bits per heavy atom. The molecule has 1 aromatic carbocycles. The quantitative estimate of drug-likeness (QED) is 0.857. The standard InChI is InChI=1S/C15H19N3O3/c1-11-9-18(7-8-20-11)10-14-16-17-15(21-14)12-3-5-13(19-2)6-4-12/h3-6,11H,7-10H2,1-2H3/t11-/m0/s1. The Labute approximate surface area is 123 Å². The summed E-state index contributed by atoms with van der Waals surface area (Å²) < 4.78 is 16.4. The van der Waals surface area contributed by atoms with Gasteiger partial charge in [0.15, 0.2) is 0 Å². The second kappa shape index (κ2) is 6.24. The number of benzene rings is 1. The Balaban J connectivity index is 1.67. The molecule has 112 valence electrons. The number of hydrogen-bond acceptors (Lipinski definition) is 6. The third kappa shape index (κ3) is 3.40. The molecule has 6 heteroatoms. The zero-order valence-corrected chi connectivity index (χ0v) is 12.3. The van der Waals surface area contributed by atoms with Crippen molar-refractivity contribution in [3.05, 3.63) is 30.2 Å². The number of methoxy groups -OCH3 is 1. The molecule has 2 heterocycles. The molecule has 1 saturated heterocycles. The molecule has 0 bridgehead atoms. The summed E-state index contributed by atoms with van der Waals surface area (Å²) in [5.41, 5.74) is 0.893. The molecular formula is C15H19N3O3. The van der Waals surface area contributed by atoms with Gasteiger partial charge in [-0.05, 0) is 31.2 Å². The molecule has 0 saturated carbocycles. The maximum absolute atomic E-state index is 5.74. The first-order chi connectivity index (χ1) is 10.2. The van der Waals surface area contributed by atoms with Crippen LogP contribution in [-0.4, -0.2) is 48.0 Å². The molecule has 0 radical (unpaired) electrons. The largest absolute Gasteiger partial charge is 0.497 e. The van der Waals surface area contributed by atoms with Crippen LogP contribution in [-0.2, 0) is 11.3 Å². The third-order valence-corrected chi connectivity index (χ3v) is 3.49. The van der Waals surface area contributed by atoms with Crippen LogP contribution in [0.1, 0.15) is 12.8 Å². The SMILES string of the molecule is COc1ccc(-c2nnc(CN3CCO[C@@H](C)C3)o2)cc1. The highest BCUT2D eigenvalue weighted by molar-refractivity contribution is 5.53. The summed E-state index contributed by atoms with van der Waals surface area (Å²) in [6.45, 7) is 5.27. The van der Waals surface area contributed by atoms with E-state index in [4.69, 9.17) is 13.9 Å². The van der Waals surface area contributed by atoms with Gasteiger partial charge in [-0.25, -0.2) is 0 Å². The van der Waals surface area contributed by atoms with E-state index >= 15 is 0 Å². The van der Waals surface area contributed by atoms with E-state index in [1.165, 1.54) is 0 Å². The van der Waals surface area contributed by atoms with Gasteiger partial charge in [0.05, 0.1) is 26.4 Å². The van der Waals surface area contributed by atoms with Gasteiger partial charge in [0.2, 0.25) is 11.8 Å². The van der Waals surface area contributed by atoms with Crippen LogP contribution in [0.3, 0.4) is 0 Å². The van der Waals surface area contributed by atoms with Gasteiger partial charge < -0.3 is 13.9 Å². The first-order valence-electron chi connectivity index (χ1n) is 7.05. The smallest absolute Gasteiger partial charge is 0.247 e. The van der Waals surface area contributed by atoms with E-state index in [1.807, 2.05) is 24.3 Å². The van der Waals surface area contributed by atoms with Crippen molar-refractivity contribution in [2.45, 2.75) is 19.6 Å². The van der Waals surface area contributed by atoms with Crippen LogP contribution >= 0.6 is 0 Å². The van der Waals surface area contributed by atoms with Gasteiger partial charge in [-0.3, -0.25) is 4.90 Å². The van der Waals surface area contributed by atoms with E-state index in [-0.39, 0.29) is 6.10 Å². The first-order valence-corrected chi connectivity index (χ1v) is 7.05. The summed E-state index contributed by atoms with van der Waals surface area (Å²) in [5.74, 6) is 1.98. The molecule has 0 amide bonds. The Bertz CT molecular complexity index is 582. The van der Waals surface area contributed by atoms with Crippen LogP contribution in [0.15, 0.2) is 28.7 Å². The molecule has 0 N–H and O–H groups in total. The monoisotopic (exact) mass is 289 g/mol. The second-order valence-electron chi connectivity index (χ2n) is 5.15. The normalized spacial score (nSPS) is 19.6. The second-order valence-corrected chi connectivity index (χ2v) is 5.15. The highest BCUT2D eigenvalue weighted by atomic mass is 16.5. The van der Waals surface area contributed by atoms with Crippen LogP contribution in [0.5, 0.6) is 5.75 Å². The molecule has 1 aromatic heterocycles. The van der Waals surface area contributed by atoms with Gasteiger partial charge >= 0.3 is 0 Å². The maximum atomic E-state index is 5.74. The fourth-order valence-corrected chi connectivity index (χ4v) is 2.39. The summed E-state index contributed by atoms with van der Waals surface area (Å²) in [6, 6.07) is 7.57. The van der Waals surface area contributed by atoms with Gasteiger partial charge in [0.25, 0.3) is 0 Å². The van der Waals surface area contributed by atoms with Crippen molar-refractivity contribution in [3.63, 3.8) is 0 Å². The molecule has 0 aliphatic carbocycles. The van der Waals surface area contributed by atoms with E-state index in [0.29, 0.717) is 18.3 Å². The van der Waals surface area contributed by atoms with Crippen molar-refractivity contribution in [2.24, 2.45) is 0 Å². The molecule has 1 aliphatic heterocycles. The van der Waals surface area contributed by atoms with E-state index in [9.17, 15) is 0 Å². The van der Waals surface area contributed by atoms with Crippen LogP contribution in [0.25, 0.3) is 11.5 Å². The van der Waals surface area contributed by atoms with E-state index < -0.39 is 0 Å². The molecule has 21 heavy (non-hydrogen) atoms. The Morgan fingerprint density at radius 2 is 2.10 bits per heavy atom. The molecule has 1 fully saturated rings. The van der Waals surface area contributed by atoms with Gasteiger partial charge in [0.1, 0.15) is 5.75 Å². The van der Waals surface area contributed by atoms with Crippen LogP contribution in [0, 0.1) is 0 Å². The lowest BCUT2D eigenvalue weighted by Gasteiger charge is -2.29. The highest BCUT2D eigenvalue weighted by Crippen LogP contribution is 2.21. The van der Waals surface area contributed by atoms with Crippen molar-refractivity contribution in [1.29, 1.82) is 0 Å². The number of morpholine rings is 1.